The van der Waals surface area contributed by atoms with Gasteiger partial charge in [-0.3, -0.25) is 4.98 Å². The van der Waals surface area contributed by atoms with Crippen molar-refractivity contribution < 1.29 is 50.5 Å². The standard InChI is InChI=1S/C19H15FN4.2C2HF3O2/c20-15-4-1-13(2-5-15)18(21)19-23-16-6-3-14(11-17(16)24-19)12-7-9-22-10-8-12;2*3-2(4,5)1(6)7/h1-11,18H,21H2,(H,23,24);2*(H,6,7). The van der Waals surface area contributed by atoms with Gasteiger partial charge in [0.1, 0.15) is 11.6 Å². The number of aromatic amines is 1. The molecule has 0 spiro atoms. The number of carbonyl (C=O) groups is 2. The number of H-pyrrole nitrogens is 1. The van der Waals surface area contributed by atoms with Crippen LogP contribution in [0.3, 0.4) is 0 Å². The monoisotopic (exact) mass is 546 g/mol. The SMILES string of the molecule is NC(c1ccc(F)cc1)c1nc2ccc(-c3ccncc3)cc2[nH]1.O=C(O)C(F)(F)F.O=C(O)C(F)(F)F. The summed E-state index contributed by atoms with van der Waals surface area (Å²) < 4.78 is 76.5. The smallest absolute Gasteiger partial charge is 0.475 e. The number of carboxylic acid groups (broad SMARTS) is 2. The summed E-state index contributed by atoms with van der Waals surface area (Å²) in [4.78, 5) is 29.7. The molecule has 0 saturated carbocycles. The summed E-state index contributed by atoms with van der Waals surface area (Å²) in [7, 11) is 0. The molecule has 202 valence electrons. The van der Waals surface area contributed by atoms with Crippen LogP contribution < -0.4 is 5.73 Å². The molecule has 5 N–H and O–H groups in total. The van der Waals surface area contributed by atoms with Gasteiger partial charge in [-0.2, -0.15) is 26.3 Å². The van der Waals surface area contributed by atoms with E-state index < -0.39 is 30.3 Å². The van der Waals surface area contributed by atoms with Gasteiger partial charge in [-0.05, 0) is 53.1 Å². The van der Waals surface area contributed by atoms with E-state index in [0.717, 1.165) is 27.7 Å². The van der Waals surface area contributed by atoms with Crippen LogP contribution in [0.5, 0.6) is 0 Å². The fourth-order valence-electron chi connectivity index (χ4n) is 2.73. The van der Waals surface area contributed by atoms with Crippen molar-refractivity contribution in [2.45, 2.75) is 18.4 Å². The summed E-state index contributed by atoms with van der Waals surface area (Å²) in [6, 6.07) is 15.7. The molecule has 0 aliphatic rings. The highest BCUT2D eigenvalue weighted by Gasteiger charge is 2.38. The van der Waals surface area contributed by atoms with E-state index in [2.05, 4.69) is 15.0 Å². The summed E-state index contributed by atoms with van der Waals surface area (Å²) in [6.07, 6.45) is -6.63. The summed E-state index contributed by atoms with van der Waals surface area (Å²) in [5.74, 6) is -5.14. The van der Waals surface area contributed by atoms with E-state index in [4.69, 9.17) is 25.5 Å². The number of imidazole rings is 1. The van der Waals surface area contributed by atoms with Crippen LogP contribution in [0.25, 0.3) is 22.2 Å². The Morgan fingerprint density at radius 2 is 1.32 bits per heavy atom. The lowest BCUT2D eigenvalue weighted by atomic mass is 10.1. The van der Waals surface area contributed by atoms with Gasteiger partial charge >= 0.3 is 24.3 Å². The lowest BCUT2D eigenvalue weighted by Gasteiger charge is -2.08. The van der Waals surface area contributed by atoms with Crippen molar-refractivity contribution in [1.29, 1.82) is 0 Å². The summed E-state index contributed by atoms with van der Waals surface area (Å²) in [5.41, 5.74) is 11.0. The van der Waals surface area contributed by atoms with Crippen LogP contribution in [-0.4, -0.2) is 49.5 Å². The largest absolute Gasteiger partial charge is 0.490 e. The predicted octanol–water partition coefficient (Wildman–Crippen LogP) is 5.08. The fraction of sp³-hybridized carbons (Fsp3) is 0.130. The molecule has 2 aromatic carbocycles. The van der Waals surface area contributed by atoms with Crippen LogP contribution in [0.4, 0.5) is 30.7 Å². The van der Waals surface area contributed by atoms with Crippen LogP contribution >= 0.6 is 0 Å². The molecule has 0 amide bonds. The Labute approximate surface area is 208 Å². The molecule has 1 atom stereocenters. The maximum atomic E-state index is 13.1. The molecule has 2 heterocycles. The molecule has 2 aromatic heterocycles. The van der Waals surface area contributed by atoms with Gasteiger partial charge in [0.15, 0.2) is 0 Å². The van der Waals surface area contributed by atoms with Gasteiger partial charge in [-0.25, -0.2) is 19.0 Å². The highest BCUT2D eigenvalue weighted by atomic mass is 19.4. The molecule has 0 radical (unpaired) electrons. The minimum atomic E-state index is -5.08. The van der Waals surface area contributed by atoms with E-state index in [9.17, 15) is 30.7 Å². The second-order valence-electron chi connectivity index (χ2n) is 7.22. The number of alkyl halides is 6. The molecule has 0 fully saturated rings. The van der Waals surface area contributed by atoms with Crippen molar-refractivity contribution in [3.63, 3.8) is 0 Å². The highest BCUT2D eigenvalue weighted by molar-refractivity contribution is 5.82. The average molecular weight is 546 g/mol. The lowest BCUT2D eigenvalue weighted by Crippen LogP contribution is -2.21. The minimum absolute atomic E-state index is 0.280. The Hall–Kier alpha value is -4.53. The zero-order valence-corrected chi connectivity index (χ0v) is 18.8. The molecule has 0 aliphatic heterocycles. The first kappa shape index (κ1) is 29.7. The number of aromatic nitrogens is 3. The zero-order chi connectivity index (χ0) is 28.7. The summed E-state index contributed by atoms with van der Waals surface area (Å²) in [5, 5.41) is 14.2. The van der Waals surface area contributed by atoms with Crippen molar-refractivity contribution in [3.8, 4) is 11.1 Å². The number of nitrogens with two attached hydrogens (primary N) is 1. The molecule has 1 unspecified atom stereocenters. The van der Waals surface area contributed by atoms with Crippen LogP contribution in [0.2, 0.25) is 0 Å². The molecular weight excluding hydrogens is 529 g/mol. The summed E-state index contributed by atoms with van der Waals surface area (Å²) >= 11 is 0. The van der Waals surface area contributed by atoms with Crippen molar-refractivity contribution in [3.05, 3.63) is 84.2 Å². The number of nitrogens with one attached hydrogen (secondary N) is 1. The molecule has 0 saturated heterocycles. The predicted molar refractivity (Wildman–Crippen MR) is 119 cm³/mol. The van der Waals surface area contributed by atoms with Crippen molar-refractivity contribution in [1.82, 2.24) is 15.0 Å². The van der Waals surface area contributed by atoms with Crippen LogP contribution in [0.1, 0.15) is 17.4 Å². The molecular formula is C23H17F7N4O4. The van der Waals surface area contributed by atoms with Gasteiger partial charge < -0.3 is 20.9 Å². The Balaban J connectivity index is 0.000000301. The van der Waals surface area contributed by atoms with Crippen LogP contribution in [-0.2, 0) is 9.59 Å². The quantitative estimate of drug-likeness (QED) is 0.263. The van der Waals surface area contributed by atoms with Crippen molar-refractivity contribution in [2.24, 2.45) is 5.73 Å². The van der Waals surface area contributed by atoms with Gasteiger partial charge in [0.2, 0.25) is 0 Å². The second-order valence-corrected chi connectivity index (χ2v) is 7.22. The molecule has 0 bridgehead atoms. The number of pyridine rings is 1. The second kappa shape index (κ2) is 12.1. The third-order valence-corrected chi connectivity index (χ3v) is 4.52. The number of aliphatic carboxylic acids is 2. The van der Waals surface area contributed by atoms with Gasteiger partial charge in [0, 0.05) is 12.4 Å². The molecule has 38 heavy (non-hydrogen) atoms. The Morgan fingerprint density at radius 3 is 1.79 bits per heavy atom. The zero-order valence-electron chi connectivity index (χ0n) is 18.8. The maximum Gasteiger partial charge on any atom is 0.490 e. The average Bonchev–Trinajstić information content (AvgIpc) is 3.28. The molecule has 4 rings (SSSR count). The number of nitrogens with zero attached hydrogens (tertiary/aromatic N) is 2. The first-order valence-electron chi connectivity index (χ1n) is 10.1. The number of hydrogen-bond donors (Lipinski definition) is 4. The number of hydrogen-bond acceptors (Lipinski definition) is 5. The molecule has 0 aliphatic carbocycles. The van der Waals surface area contributed by atoms with Gasteiger partial charge in [-0.15, -0.1) is 0 Å². The summed E-state index contributed by atoms with van der Waals surface area (Å²) in [6.45, 7) is 0. The third kappa shape index (κ3) is 8.55. The molecule has 8 nitrogen and oxygen atoms in total. The Kier molecular flexibility index (Phi) is 9.49. The van der Waals surface area contributed by atoms with Crippen molar-refractivity contribution >= 4 is 23.0 Å². The van der Waals surface area contributed by atoms with E-state index >= 15 is 0 Å². The Morgan fingerprint density at radius 1 is 0.816 bits per heavy atom. The fourth-order valence-corrected chi connectivity index (χ4v) is 2.73. The van der Waals surface area contributed by atoms with Crippen LogP contribution in [0.15, 0.2) is 67.0 Å². The third-order valence-electron chi connectivity index (χ3n) is 4.52. The number of fused-ring (bicyclic) bond motifs is 1. The number of halogens is 7. The lowest BCUT2D eigenvalue weighted by molar-refractivity contribution is -0.193. The first-order valence-corrected chi connectivity index (χ1v) is 10.1. The number of benzene rings is 2. The van der Waals surface area contributed by atoms with E-state index in [0.29, 0.717) is 5.82 Å². The van der Waals surface area contributed by atoms with Crippen molar-refractivity contribution in [2.75, 3.05) is 0 Å². The first-order chi connectivity index (χ1) is 17.6. The van der Waals surface area contributed by atoms with E-state index in [1.54, 1.807) is 24.5 Å². The van der Waals surface area contributed by atoms with Crippen LogP contribution in [0, 0.1) is 5.82 Å². The van der Waals surface area contributed by atoms with E-state index in [-0.39, 0.29) is 5.82 Å². The maximum absolute atomic E-state index is 13.1. The van der Waals surface area contributed by atoms with Gasteiger partial charge in [-0.1, -0.05) is 18.2 Å². The van der Waals surface area contributed by atoms with Gasteiger partial charge in [0.05, 0.1) is 17.1 Å². The van der Waals surface area contributed by atoms with Gasteiger partial charge in [0.25, 0.3) is 0 Å². The van der Waals surface area contributed by atoms with E-state index in [1.165, 1.54) is 12.1 Å². The molecule has 15 heteroatoms. The minimum Gasteiger partial charge on any atom is -0.475 e. The number of carboxylic acids is 2. The number of rotatable bonds is 3. The topological polar surface area (TPSA) is 142 Å². The highest BCUT2D eigenvalue weighted by Crippen LogP contribution is 2.25. The van der Waals surface area contributed by atoms with E-state index in [1.807, 2.05) is 30.3 Å². The Bertz CT molecular complexity index is 1350. The normalized spacial score (nSPS) is 12.0. The molecule has 4 aromatic rings.